The van der Waals surface area contributed by atoms with E-state index < -0.39 is 0 Å². The van der Waals surface area contributed by atoms with Gasteiger partial charge in [-0.2, -0.15) is 0 Å². The van der Waals surface area contributed by atoms with Crippen LogP contribution in [0.1, 0.15) is 115 Å². The highest BCUT2D eigenvalue weighted by Gasteiger charge is 2.57. The van der Waals surface area contributed by atoms with Crippen LogP contribution in [0.15, 0.2) is 12.1 Å². The van der Waals surface area contributed by atoms with Crippen molar-refractivity contribution in [3.05, 3.63) is 28.8 Å². The predicted molar refractivity (Wildman–Crippen MR) is 127 cm³/mol. The van der Waals surface area contributed by atoms with E-state index in [2.05, 4.69) is 32.9 Å². The number of aromatic hydroxyl groups is 1. The van der Waals surface area contributed by atoms with Crippen molar-refractivity contribution in [3.8, 4) is 5.75 Å². The zero-order valence-corrected chi connectivity index (χ0v) is 20.1. The molecule has 8 bridgehead atoms. The fraction of sp³-hybridized carbons (Fsp3) is 0.800. The third kappa shape index (κ3) is 2.80. The third-order valence-corrected chi connectivity index (χ3v) is 11.2. The molecule has 9 rings (SSSR count). The first kappa shape index (κ1) is 19.5. The van der Waals surface area contributed by atoms with E-state index in [9.17, 15) is 5.11 Å². The van der Waals surface area contributed by atoms with Crippen LogP contribution in [0.25, 0.3) is 0 Å². The number of hydrogen-bond acceptors (Lipinski definition) is 1. The van der Waals surface area contributed by atoms with Gasteiger partial charge in [0.15, 0.2) is 0 Å². The molecular formula is C30H42O. The minimum absolute atomic E-state index is 0.00112. The lowest BCUT2D eigenvalue weighted by molar-refractivity contribution is -0.0176. The summed E-state index contributed by atoms with van der Waals surface area (Å²) < 4.78 is 0. The Morgan fingerprint density at radius 3 is 1.26 bits per heavy atom. The molecule has 0 amide bonds. The molecule has 0 unspecified atom stereocenters. The summed E-state index contributed by atoms with van der Waals surface area (Å²) in [5.41, 5.74) is 5.37. The second-order valence-corrected chi connectivity index (χ2v) is 14.6. The number of phenolic OH excluding ortho intramolecular Hbond substituents is 1. The molecule has 0 radical (unpaired) electrons. The van der Waals surface area contributed by atoms with Crippen molar-refractivity contribution in [2.45, 2.75) is 114 Å². The van der Waals surface area contributed by atoms with Gasteiger partial charge in [0.05, 0.1) is 0 Å². The summed E-state index contributed by atoms with van der Waals surface area (Å²) in [5, 5.41) is 11.3. The maximum atomic E-state index is 11.3. The summed E-state index contributed by atoms with van der Waals surface area (Å²) in [7, 11) is 0. The molecule has 1 heteroatoms. The molecule has 8 aliphatic rings. The SMILES string of the molecule is CC(C)(C)c1cc(C23CC4CC(CC(C4)C2)C3)c(C23CC4CC(CC(C4)C2)C3)cc1O. The Morgan fingerprint density at radius 1 is 0.613 bits per heavy atom. The van der Waals surface area contributed by atoms with Crippen molar-refractivity contribution in [3.63, 3.8) is 0 Å². The van der Waals surface area contributed by atoms with E-state index in [0.29, 0.717) is 16.6 Å². The molecule has 8 aliphatic carbocycles. The van der Waals surface area contributed by atoms with E-state index in [1.165, 1.54) is 82.6 Å². The smallest absolute Gasteiger partial charge is 0.119 e. The molecular weight excluding hydrogens is 376 g/mol. The van der Waals surface area contributed by atoms with E-state index in [1.54, 1.807) is 11.1 Å². The van der Waals surface area contributed by atoms with Gasteiger partial charge in [-0.15, -0.1) is 0 Å². The van der Waals surface area contributed by atoms with E-state index >= 15 is 0 Å². The summed E-state index contributed by atoms with van der Waals surface area (Å²) in [6, 6.07) is 4.90. The van der Waals surface area contributed by atoms with Gasteiger partial charge in [-0.05, 0) is 152 Å². The van der Waals surface area contributed by atoms with Crippen LogP contribution in [0.4, 0.5) is 0 Å². The second-order valence-electron chi connectivity index (χ2n) is 14.6. The first-order valence-corrected chi connectivity index (χ1v) is 13.6. The number of rotatable bonds is 2. The molecule has 8 fully saturated rings. The van der Waals surface area contributed by atoms with Crippen molar-refractivity contribution in [1.29, 1.82) is 0 Å². The van der Waals surface area contributed by atoms with E-state index in [0.717, 1.165) is 35.5 Å². The van der Waals surface area contributed by atoms with Crippen molar-refractivity contribution in [1.82, 2.24) is 0 Å². The van der Waals surface area contributed by atoms with Gasteiger partial charge in [-0.25, -0.2) is 0 Å². The zero-order valence-electron chi connectivity index (χ0n) is 20.1. The van der Waals surface area contributed by atoms with E-state index in [-0.39, 0.29) is 5.41 Å². The Labute approximate surface area is 189 Å². The highest BCUT2D eigenvalue weighted by molar-refractivity contribution is 5.52. The summed E-state index contributed by atoms with van der Waals surface area (Å²) in [5.74, 6) is 6.39. The van der Waals surface area contributed by atoms with E-state index in [1.807, 2.05) is 0 Å². The molecule has 0 heterocycles. The molecule has 0 spiro atoms. The number of benzene rings is 1. The summed E-state index contributed by atoms with van der Waals surface area (Å²) >= 11 is 0. The lowest BCUT2D eigenvalue weighted by Crippen LogP contribution is -2.52. The average Bonchev–Trinajstić information content (AvgIpc) is 2.64. The van der Waals surface area contributed by atoms with Crippen LogP contribution in [0.5, 0.6) is 5.75 Å². The van der Waals surface area contributed by atoms with Crippen LogP contribution < -0.4 is 0 Å². The summed E-state index contributed by atoms with van der Waals surface area (Å²) in [6.45, 7) is 6.86. The molecule has 31 heavy (non-hydrogen) atoms. The molecule has 1 nitrogen and oxygen atoms in total. The predicted octanol–water partition coefficient (Wildman–Crippen LogP) is 7.63. The Kier molecular flexibility index (Phi) is 3.85. The average molecular weight is 419 g/mol. The van der Waals surface area contributed by atoms with Crippen LogP contribution in [0.3, 0.4) is 0 Å². The molecule has 1 aromatic rings. The highest BCUT2D eigenvalue weighted by Crippen LogP contribution is 2.66. The van der Waals surface area contributed by atoms with Crippen molar-refractivity contribution < 1.29 is 5.11 Å². The molecule has 0 aromatic heterocycles. The topological polar surface area (TPSA) is 20.2 Å². The van der Waals surface area contributed by atoms with Crippen LogP contribution in [-0.2, 0) is 16.2 Å². The fourth-order valence-corrected chi connectivity index (χ4v) is 10.9. The van der Waals surface area contributed by atoms with Gasteiger partial charge in [0.2, 0.25) is 0 Å². The van der Waals surface area contributed by atoms with E-state index in [4.69, 9.17) is 0 Å². The van der Waals surface area contributed by atoms with Gasteiger partial charge >= 0.3 is 0 Å². The molecule has 168 valence electrons. The molecule has 1 N–H and O–H groups in total. The number of hydrogen-bond donors (Lipinski definition) is 1. The van der Waals surface area contributed by atoms with Gasteiger partial charge < -0.3 is 5.11 Å². The molecule has 8 saturated carbocycles. The molecule has 0 atom stereocenters. The van der Waals surface area contributed by atoms with Crippen LogP contribution in [0.2, 0.25) is 0 Å². The maximum Gasteiger partial charge on any atom is 0.119 e. The summed E-state index contributed by atoms with van der Waals surface area (Å²) in [4.78, 5) is 0. The van der Waals surface area contributed by atoms with Crippen LogP contribution >= 0.6 is 0 Å². The standard InChI is InChI=1S/C30H42O/c1-28(2,3)26-10-24(29-12-18-4-19(13-29)6-20(5-18)14-29)25(11-27(26)31)30-15-21-7-22(16-30)9-23(8-21)17-30/h10-11,18-23,31H,4-9,12-17H2,1-3H3. The van der Waals surface area contributed by atoms with Crippen molar-refractivity contribution >= 4 is 0 Å². The molecule has 0 aliphatic heterocycles. The number of phenols is 1. The van der Waals surface area contributed by atoms with Crippen molar-refractivity contribution in [2.75, 3.05) is 0 Å². The van der Waals surface area contributed by atoms with Gasteiger partial charge in [-0.3, -0.25) is 0 Å². The molecule has 0 saturated heterocycles. The maximum absolute atomic E-state index is 11.3. The minimum atomic E-state index is 0.00112. The Morgan fingerprint density at radius 2 is 0.935 bits per heavy atom. The second kappa shape index (κ2) is 6.12. The first-order valence-electron chi connectivity index (χ1n) is 13.6. The highest BCUT2D eigenvalue weighted by atomic mass is 16.3. The summed E-state index contributed by atoms with van der Waals surface area (Å²) in [6.07, 6.45) is 17.6. The van der Waals surface area contributed by atoms with Crippen molar-refractivity contribution in [2.24, 2.45) is 35.5 Å². The quantitative estimate of drug-likeness (QED) is 0.523. The largest absolute Gasteiger partial charge is 0.508 e. The normalized spacial score (nSPS) is 47.3. The van der Waals surface area contributed by atoms with Crippen LogP contribution in [0, 0.1) is 35.5 Å². The van der Waals surface area contributed by atoms with Gasteiger partial charge in [-0.1, -0.05) is 26.8 Å². The monoisotopic (exact) mass is 418 g/mol. The Balaban J connectivity index is 1.42. The van der Waals surface area contributed by atoms with Gasteiger partial charge in [0.25, 0.3) is 0 Å². The van der Waals surface area contributed by atoms with Gasteiger partial charge in [0.1, 0.15) is 5.75 Å². The zero-order chi connectivity index (χ0) is 21.2. The first-order chi connectivity index (χ1) is 14.7. The molecule has 1 aromatic carbocycles. The lowest BCUT2D eigenvalue weighted by Gasteiger charge is -2.61. The Bertz CT molecular complexity index is 845. The Hall–Kier alpha value is -0.980. The minimum Gasteiger partial charge on any atom is -0.508 e. The fourth-order valence-electron chi connectivity index (χ4n) is 10.9. The lowest BCUT2D eigenvalue weighted by atomic mass is 9.44. The van der Waals surface area contributed by atoms with Crippen LogP contribution in [-0.4, -0.2) is 5.11 Å². The van der Waals surface area contributed by atoms with Gasteiger partial charge in [0, 0.05) is 0 Å². The third-order valence-electron chi connectivity index (χ3n) is 11.2.